The summed E-state index contributed by atoms with van der Waals surface area (Å²) >= 11 is 0. The van der Waals surface area contributed by atoms with Gasteiger partial charge in [0.2, 0.25) is 0 Å². The number of amides is 1. The van der Waals surface area contributed by atoms with Crippen molar-refractivity contribution in [2.75, 3.05) is 19.8 Å². The first-order chi connectivity index (χ1) is 20.6. The molecular formula is C32H44F2N4O6. The Bertz CT molecular complexity index is 1350. The Morgan fingerprint density at radius 2 is 1.64 bits per heavy atom. The van der Waals surface area contributed by atoms with Gasteiger partial charge in [0, 0.05) is 18.7 Å². The Morgan fingerprint density at radius 1 is 1.00 bits per heavy atom. The fourth-order valence-corrected chi connectivity index (χ4v) is 4.30. The smallest absolute Gasteiger partial charge is 0.408 e. The van der Waals surface area contributed by atoms with Crippen LogP contribution in [-0.2, 0) is 16.0 Å². The number of alkyl carbamates (subject to hydrolysis) is 1. The summed E-state index contributed by atoms with van der Waals surface area (Å²) in [6.45, 7) is 11.1. The van der Waals surface area contributed by atoms with Crippen LogP contribution in [0.3, 0.4) is 0 Å². The standard InChI is InChI=1S/C30H38F2N4O4.C2H6O2/c1-29(2,3)26(33-15-14-23(27(37)38)34-28(39)40-30(4,5)6)25-20(16-19-10-8-7-9-11-19)18-36(35-25)24-17-21(31)12-13-22(24)32;3-1-2-4/h7-13,17-18,23,26,33H,14-16H2,1-6H3,(H,34,39)(H,37,38);3-4H,1-2H2/t23-,26-;/m0./s1. The molecule has 44 heavy (non-hydrogen) atoms. The molecule has 2 aromatic carbocycles. The van der Waals surface area contributed by atoms with Crippen molar-refractivity contribution in [3.8, 4) is 5.69 Å². The number of aromatic nitrogens is 2. The summed E-state index contributed by atoms with van der Waals surface area (Å²) in [4.78, 5) is 24.0. The van der Waals surface area contributed by atoms with E-state index in [4.69, 9.17) is 20.0 Å². The zero-order valence-corrected chi connectivity index (χ0v) is 26.1. The normalized spacial score (nSPS) is 13.0. The van der Waals surface area contributed by atoms with Gasteiger partial charge in [0.25, 0.3) is 0 Å². The number of aliphatic carboxylic acids is 1. The molecule has 12 heteroatoms. The van der Waals surface area contributed by atoms with E-state index < -0.39 is 40.8 Å². The van der Waals surface area contributed by atoms with Crippen LogP contribution in [0.15, 0.2) is 54.7 Å². The first-order valence-electron chi connectivity index (χ1n) is 14.3. The van der Waals surface area contributed by atoms with Crippen molar-refractivity contribution in [3.05, 3.63) is 83.2 Å². The van der Waals surface area contributed by atoms with E-state index in [1.807, 2.05) is 51.1 Å². The summed E-state index contributed by atoms with van der Waals surface area (Å²) in [7, 11) is 0. The molecule has 0 spiro atoms. The molecule has 2 atom stereocenters. The number of halogens is 2. The van der Waals surface area contributed by atoms with E-state index in [1.165, 1.54) is 4.68 Å². The van der Waals surface area contributed by atoms with Gasteiger partial charge in [-0.2, -0.15) is 5.10 Å². The number of nitrogens with one attached hydrogen (secondary N) is 2. The van der Waals surface area contributed by atoms with Gasteiger partial charge in [-0.25, -0.2) is 23.1 Å². The minimum atomic E-state index is -1.18. The van der Waals surface area contributed by atoms with Crippen molar-refractivity contribution in [2.24, 2.45) is 5.41 Å². The van der Waals surface area contributed by atoms with Crippen LogP contribution >= 0.6 is 0 Å². The fraction of sp³-hybridized carbons (Fsp3) is 0.469. The number of rotatable bonds is 11. The molecule has 0 unspecified atom stereocenters. The third-order valence-corrected chi connectivity index (χ3v) is 6.22. The van der Waals surface area contributed by atoms with Crippen molar-refractivity contribution in [1.29, 1.82) is 0 Å². The maximum Gasteiger partial charge on any atom is 0.408 e. The van der Waals surface area contributed by atoms with E-state index >= 15 is 0 Å². The monoisotopic (exact) mass is 618 g/mol. The third-order valence-electron chi connectivity index (χ3n) is 6.22. The minimum absolute atomic E-state index is 0.0132. The lowest BCUT2D eigenvalue weighted by atomic mass is 9.83. The van der Waals surface area contributed by atoms with Crippen molar-refractivity contribution in [3.63, 3.8) is 0 Å². The quantitative estimate of drug-likeness (QED) is 0.207. The van der Waals surface area contributed by atoms with Gasteiger partial charge in [-0.1, -0.05) is 51.1 Å². The van der Waals surface area contributed by atoms with Gasteiger partial charge in [-0.15, -0.1) is 0 Å². The molecule has 0 saturated carbocycles. The number of nitrogens with zero attached hydrogens (tertiary/aromatic N) is 2. The van der Waals surface area contributed by atoms with E-state index in [0.29, 0.717) is 12.1 Å². The molecule has 0 saturated heterocycles. The zero-order chi connectivity index (χ0) is 33.1. The van der Waals surface area contributed by atoms with Crippen LogP contribution in [0.1, 0.15) is 70.8 Å². The largest absolute Gasteiger partial charge is 0.480 e. The third kappa shape index (κ3) is 11.7. The van der Waals surface area contributed by atoms with Crippen LogP contribution in [0.4, 0.5) is 13.6 Å². The maximum absolute atomic E-state index is 14.7. The topological polar surface area (TPSA) is 146 Å². The number of carboxylic acids is 1. The highest BCUT2D eigenvalue weighted by Gasteiger charge is 2.32. The van der Waals surface area contributed by atoms with Crippen LogP contribution in [0.2, 0.25) is 0 Å². The number of ether oxygens (including phenoxy) is 1. The molecule has 242 valence electrons. The average Bonchev–Trinajstić information content (AvgIpc) is 3.33. The summed E-state index contributed by atoms with van der Waals surface area (Å²) in [5.74, 6) is -2.38. The van der Waals surface area contributed by atoms with Crippen molar-refractivity contribution >= 4 is 12.1 Å². The lowest BCUT2D eigenvalue weighted by molar-refractivity contribution is -0.139. The molecule has 1 heterocycles. The Balaban J connectivity index is 0.00000159. The van der Waals surface area contributed by atoms with E-state index in [9.17, 15) is 23.5 Å². The number of carbonyl (C=O) groups excluding carboxylic acids is 1. The van der Waals surface area contributed by atoms with Crippen LogP contribution in [0.5, 0.6) is 0 Å². The summed E-state index contributed by atoms with van der Waals surface area (Å²) in [6.07, 6.45) is 1.46. The molecule has 1 amide bonds. The van der Waals surface area contributed by atoms with Crippen LogP contribution < -0.4 is 10.6 Å². The Labute approximate surface area is 257 Å². The number of aliphatic hydroxyl groups excluding tert-OH is 2. The number of hydrogen-bond donors (Lipinski definition) is 5. The van der Waals surface area contributed by atoms with Gasteiger partial charge < -0.3 is 30.7 Å². The Kier molecular flexibility index (Phi) is 13.4. The summed E-state index contributed by atoms with van der Waals surface area (Å²) in [6, 6.07) is 11.4. The highest BCUT2D eigenvalue weighted by molar-refractivity contribution is 5.80. The van der Waals surface area contributed by atoms with E-state index in [2.05, 4.69) is 10.6 Å². The van der Waals surface area contributed by atoms with E-state index in [1.54, 1.807) is 27.0 Å². The van der Waals surface area contributed by atoms with Gasteiger partial charge in [0.05, 0.1) is 24.9 Å². The fourth-order valence-electron chi connectivity index (χ4n) is 4.30. The summed E-state index contributed by atoms with van der Waals surface area (Å²) in [5, 5.41) is 35.4. The van der Waals surface area contributed by atoms with Gasteiger partial charge in [-0.3, -0.25) is 0 Å². The molecule has 5 N–H and O–H groups in total. The van der Waals surface area contributed by atoms with E-state index in [0.717, 1.165) is 29.3 Å². The van der Waals surface area contributed by atoms with Crippen molar-refractivity contribution in [2.45, 2.75) is 72.1 Å². The van der Waals surface area contributed by atoms with E-state index in [-0.39, 0.29) is 37.9 Å². The second-order valence-electron chi connectivity index (χ2n) is 12.3. The lowest BCUT2D eigenvalue weighted by Gasteiger charge is -2.32. The van der Waals surface area contributed by atoms with Gasteiger partial charge in [0.1, 0.15) is 29.0 Å². The molecule has 0 radical (unpaired) electrons. The molecule has 0 aliphatic rings. The SMILES string of the molecule is CC(C)(C)OC(=O)N[C@@H](CCN[C@@H](c1nn(-c2cc(F)ccc2F)cc1Cc1ccccc1)C(C)(C)C)C(=O)O.OCCO. The number of benzene rings is 2. The molecule has 0 aliphatic carbocycles. The number of carbonyl (C=O) groups is 2. The van der Waals surface area contributed by atoms with Crippen molar-refractivity contribution in [1.82, 2.24) is 20.4 Å². The van der Waals surface area contributed by atoms with Gasteiger partial charge in [0.15, 0.2) is 0 Å². The molecule has 0 aliphatic heterocycles. The highest BCUT2D eigenvalue weighted by Crippen LogP contribution is 2.35. The van der Waals surface area contributed by atoms with Crippen molar-refractivity contribution < 1.29 is 38.4 Å². The van der Waals surface area contributed by atoms with Crippen LogP contribution in [0, 0.1) is 17.0 Å². The Morgan fingerprint density at radius 3 is 2.18 bits per heavy atom. The molecule has 1 aromatic heterocycles. The Hall–Kier alpha value is -3.87. The first-order valence-corrected chi connectivity index (χ1v) is 14.3. The molecule has 3 rings (SSSR count). The summed E-state index contributed by atoms with van der Waals surface area (Å²) < 4.78 is 35.3. The van der Waals surface area contributed by atoms with Crippen LogP contribution in [-0.4, -0.2) is 68.6 Å². The van der Waals surface area contributed by atoms with Gasteiger partial charge >= 0.3 is 12.1 Å². The predicted molar refractivity (Wildman–Crippen MR) is 163 cm³/mol. The molecule has 0 fully saturated rings. The lowest BCUT2D eigenvalue weighted by Crippen LogP contribution is -2.45. The summed E-state index contributed by atoms with van der Waals surface area (Å²) in [5.41, 5.74) is 1.28. The second kappa shape index (κ2) is 16.3. The number of aliphatic hydroxyl groups is 2. The maximum atomic E-state index is 14.7. The minimum Gasteiger partial charge on any atom is -0.480 e. The molecule has 3 aromatic rings. The first kappa shape index (κ1) is 36.3. The second-order valence-corrected chi connectivity index (χ2v) is 12.3. The predicted octanol–water partition coefficient (Wildman–Crippen LogP) is 4.76. The highest BCUT2D eigenvalue weighted by atomic mass is 19.1. The average molecular weight is 619 g/mol. The number of hydrogen-bond acceptors (Lipinski definition) is 7. The number of carboxylic acid groups (broad SMARTS) is 1. The molecular weight excluding hydrogens is 574 g/mol. The van der Waals surface area contributed by atoms with Gasteiger partial charge in [-0.05, 0) is 62.4 Å². The zero-order valence-electron chi connectivity index (χ0n) is 26.1. The molecule has 0 bridgehead atoms. The van der Waals surface area contributed by atoms with Crippen LogP contribution in [0.25, 0.3) is 5.69 Å². The molecule has 10 nitrogen and oxygen atoms in total.